The molecule has 0 radical (unpaired) electrons. The standard InChI is InChI=1S/C12H13N3O2S/c1-9(11-4-2-3-5-13-11)14-7-10-6-12(15(16)17)18-8-10/h2-6,8-9,14H,7H2,1H3/t9-/m1/s1. The molecular weight excluding hydrogens is 250 g/mol. The molecule has 1 atom stereocenters. The SMILES string of the molecule is C[C@@H](NCc1csc([N+](=O)[O-])c1)c1ccccn1. The van der Waals surface area contributed by atoms with Gasteiger partial charge in [-0.15, -0.1) is 0 Å². The van der Waals surface area contributed by atoms with E-state index in [1.807, 2.05) is 25.1 Å². The molecule has 0 aliphatic heterocycles. The fourth-order valence-electron chi connectivity index (χ4n) is 1.56. The van der Waals surface area contributed by atoms with Crippen molar-refractivity contribution in [3.05, 3.63) is 57.2 Å². The Hall–Kier alpha value is -1.79. The summed E-state index contributed by atoms with van der Waals surface area (Å²) in [6.07, 6.45) is 1.75. The quantitative estimate of drug-likeness (QED) is 0.665. The zero-order chi connectivity index (χ0) is 13.0. The maximum atomic E-state index is 10.6. The summed E-state index contributed by atoms with van der Waals surface area (Å²) in [7, 11) is 0. The number of thiophene rings is 1. The van der Waals surface area contributed by atoms with Crippen molar-refractivity contribution >= 4 is 16.3 Å². The van der Waals surface area contributed by atoms with Crippen molar-refractivity contribution in [2.24, 2.45) is 0 Å². The average molecular weight is 263 g/mol. The highest BCUT2D eigenvalue weighted by molar-refractivity contribution is 7.13. The topological polar surface area (TPSA) is 68.1 Å². The van der Waals surface area contributed by atoms with E-state index < -0.39 is 0 Å². The van der Waals surface area contributed by atoms with E-state index >= 15 is 0 Å². The van der Waals surface area contributed by atoms with E-state index in [1.54, 1.807) is 17.6 Å². The Bertz CT molecular complexity index is 527. The van der Waals surface area contributed by atoms with Gasteiger partial charge in [0.1, 0.15) is 0 Å². The van der Waals surface area contributed by atoms with Gasteiger partial charge in [-0.1, -0.05) is 17.4 Å². The van der Waals surface area contributed by atoms with Crippen molar-refractivity contribution in [2.75, 3.05) is 0 Å². The fraction of sp³-hybridized carbons (Fsp3) is 0.250. The van der Waals surface area contributed by atoms with Gasteiger partial charge in [0.25, 0.3) is 0 Å². The first kappa shape index (κ1) is 12.7. The van der Waals surface area contributed by atoms with Crippen LogP contribution in [0.4, 0.5) is 5.00 Å². The third-order valence-electron chi connectivity index (χ3n) is 2.56. The van der Waals surface area contributed by atoms with Crippen LogP contribution < -0.4 is 5.32 Å². The molecule has 2 heterocycles. The molecule has 6 heteroatoms. The van der Waals surface area contributed by atoms with Crippen molar-refractivity contribution in [1.82, 2.24) is 10.3 Å². The first-order valence-electron chi connectivity index (χ1n) is 5.53. The van der Waals surface area contributed by atoms with E-state index in [-0.39, 0.29) is 16.0 Å². The predicted octanol–water partition coefficient (Wildman–Crippen LogP) is 2.90. The minimum Gasteiger partial charge on any atom is -0.305 e. The smallest absolute Gasteiger partial charge is 0.305 e. The minimum absolute atomic E-state index is 0.116. The lowest BCUT2D eigenvalue weighted by Crippen LogP contribution is -2.18. The Morgan fingerprint density at radius 2 is 2.39 bits per heavy atom. The molecule has 0 spiro atoms. The van der Waals surface area contributed by atoms with Crippen LogP contribution in [0.1, 0.15) is 24.2 Å². The number of nitro groups is 1. The van der Waals surface area contributed by atoms with Crippen LogP contribution in [0.15, 0.2) is 35.8 Å². The summed E-state index contributed by atoms with van der Waals surface area (Å²) in [6, 6.07) is 7.48. The maximum absolute atomic E-state index is 10.6. The molecule has 0 saturated carbocycles. The second kappa shape index (κ2) is 5.70. The summed E-state index contributed by atoms with van der Waals surface area (Å²) >= 11 is 1.15. The van der Waals surface area contributed by atoms with Gasteiger partial charge in [-0.05, 0) is 24.6 Å². The Kier molecular flexibility index (Phi) is 4.01. The normalized spacial score (nSPS) is 12.3. The van der Waals surface area contributed by atoms with E-state index in [2.05, 4.69) is 10.3 Å². The number of hydrogen-bond acceptors (Lipinski definition) is 5. The Morgan fingerprint density at radius 3 is 3.00 bits per heavy atom. The second-order valence-corrected chi connectivity index (χ2v) is 4.80. The van der Waals surface area contributed by atoms with Gasteiger partial charge in [-0.3, -0.25) is 15.1 Å². The minimum atomic E-state index is -0.365. The van der Waals surface area contributed by atoms with Crippen LogP contribution in [0.3, 0.4) is 0 Å². The largest absolute Gasteiger partial charge is 0.324 e. The van der Waals surface area contributed by atoms with Gasteiger partial charge in [0.2, 0.25) is 0 Å². The fourth-order valence-corrected chi connectivity index (χ4v) is 2.29. The van der Waals surface area contributed by atoms with Crippen LogP contribution in [-0.2, 0) is 6.54 Å². The van der Waals surface area contributed by atoms with Crippen molar-refractivity contribution in [1.29, 1.82) is 0 Å². The van der Waals surface area contributed by atoms with Gasteiger partial charge in [0.15, 0.2) is 0 Å². The number of nitrogens with one attached hydrogen (secondary N) is 1. The van der Waals surface area contributed by atoms with E-state index in [1.165, 1.54) is 0 Å². The molecule has 18 heavy (non-hydrogen) atoms. The summed E-state index contributed by atoms with van der Waals surface area (Å²) in [5.74, 6) is 0. The molecule has 0 aromatic carbocycles. The van der Waals surface area contributed by atoms with Crippen molar-refractivity contribution in [3.63, 3.8) is 0 Å². The monoisotopic (exact) mass is 263 g/mol. The van der Waals surface area contributed by atoms with E-state index in [0.717, 1.165) is 22.6 Å². The van der Waals surface area contributed by atoms with Crippen LogP contribution >= 0.6 is 11.3 Å². The molecule has 0 aliphatic rings. The molecule has 0 unspecified atom stereocenters. The number of rotatable bonds is 5. The van der Waals surface area contributed by atoms with Crippen molar-refractivity contribution in [3.8, 4) is 0 Å². The summed E-state index contributed by atoms with van der Waals surface area (Å²) in [4.78, 5) is 14.5. The lowest BCUT2D eigenvalue weighted by Gasteiger charge is -2.12. The first-order valence-corrected chi connectivity index (χ1v) is 6.41. The van der Waals surface area contributed by atoms with Gasteiger partial charge in [0.05, 0.1) is 10.6 Å². The van der Waals surface area contributed by atoms with Crippen LogP contribution in [0.25, 0.3) is 0 Å². The number of pyridine rings is 1. The van der Waals surface area contributed by atoms with Gasteiger partial charge in [0, 0.05) is 30.2 Å². The number of hydrogen-bond donors (Lipinski definition) is 1. The zero-order valence-corrected chi connectivity index (χ0v) is 10.7. The number of nitrogens with zero attached hydrogens (tertiary/aromatic N) is 2. The van der Waals surface area contributed by atoms with E-state index in [4.69, 9.17) is 0 Å². The molecule has 1 N–H and O–H groups in total. The van der Waals surface area contributed by atoms with Crippen LogP contribution in [0, 0.1) is 10.1 Å². The van der Waals surface area contributed by atoms with Gasteiger partial charge < -0.3 is 5.32 Å². The third kappa shape index (κ3) is 3.12. The van der Waals surface area contributed by atoms with E-state index in [0.29, 0.717) is 6.54 Å². The van der Waals surface area contributed by atoms with Gasteiger partial charge >= 0.3 is 5.00 Å². The summed E-state index contributed by atoms with van der Waals surface area (Å²) in [6.45, 7) is 2.62. The predicted molar refractivity (Wildman–Crippen MR) is 70.5 cm³/mol. The molecule has 94 valence electrons. The number of aromatic nitrogens is 1. The summed E-state index contributed by atoms with van der Waals surface area (Å²) in [5, 5.41) is 15.8. The Morgan fingerprint density at radius 1 is 1.56 bits per heavy atom. The van der Waals surface area contributed by atoms with Crippen LogP contribution in [0.5, 0.6) is 0 Å². The van der Waals surface area contributed by atoms with Crippen molar-refractivity contribution in [2.45, 2.75) is 19.5 Å². The lowest BCUT2D eigenvalue weighted by atomic mass is 10.2. The first-order chi connectivity index (χ1) is 8.66. The van der Waals surface area contributed by atoms with Gasteiger partial charge in [-0.25, -0.2) is 0 Å². The van der Waals surface area contributed by atoms with Crippen LogP contribution in [0.2, 0.25) is 0 Å². The average Bonchev–Trinajstić information content (AvgIpc) is 2.86. The molecule has 0 amide bonds. The Labute approximate surface area is 109 Å². The van der Waals surface area contributed by atoms with E-state index in [9.17, 15) is 10.1 Å². The third-order valence-corrected chi connectivity index (χ3v) is 3.49. The highest BCUT2D eigenvalue weighted by atomic mass is 32.1. The lowest BCUT2D eigenvalue weighted by molar-refractivity contribution is -0.380. The zero-order valence-electron chi connectivity index (χ0n) is 9.87. The Balaban J connectivity index is 1.93. The van der Waals surface area contributed by atoms with Crippen molar-refractivity contribution < 1.29 is 4.92 Å². The van der Waals surface area contributed by atoms with Crippen LogP contribution in [-0.4, -0.2) is 9.91 Å². The highest BCUT2D eigenvalue weighted by Gasteiger charge is 2.11. The molecule has 0 bridgehead atoms. The molecular formula is C12H13N3O2S. The van der Waals surface area contributed by atoms with Gasteiger partial charge in [-0.2, -0.15) is 0 Å². The molecule has 2 aromatic heterocycles. The summed E-state index contributed by atoms with van der Waals surface area (Å²) < 4.78 is 0. The molecule has 0 fully saturated rings. The molecule has 2 aromatic rings. The second-order valence-electron chi connectivity index (χ2n) is 3.91. The molecule has 0 aliphatic carbocycles. The highest BCUT2D eigenvalue weighted by Crippen LogP contribution is 2.22. The maximum Gasteiger partial charge on any atom is 0.324 e. The molecule has 2 rings (SSSR count). The molecule has 0 saturated heterocycles. The molecule has 5 nitrogen and oxygen atoms in total. The summed E-state index contributed by atoms with van der Waals surface area (Å²) in [5.41, 5.74) is 1.89.